The van der Waals surface area contributed by atoms with Crippen LogP contribution in [0.5, 0.6) is 0 Å². The van der Waals surface area contributed by atoms with Crippen LogP contribution in [0.2, 0.25) is 0 Å². The van der Waals surface area contributed by atoms with Gasteiger partial charge in [0.25, 0.3) is 11.8 Å². The van der Waals surface area contributed by atoms with Gasteiger partial charge < -0.3 is 10.2 Å². The van der Waals surface area contributed by atoms with Crippen LogP contribution < -0.4 is 5.32 Å². The van der Waals surface area contributed by atoms with Crippen molar-refractivity contribution in [2.24, 2.45) is 0 Å². The number of rotatable bonds is 6. The second-order valence-electron chi connectivity index (χ2n) is 7.59. The lowest BCUT2D eigenvalue weighted by Gasteiger charge is -2.27. The molecule has 0 unspecified atom stereocenters. The highest BCUT2D eigenvalue weighted by Crippen LogP contribution is 2.24. The number of hydrogen-bond donors (Lipinski definition) is 1. The number of aryl methyl sites for hydroxylation is 1. The molecule has 2 amide bonds. The molecule has 30 heavy (non-hydrogen) atoms. The number of nitrogens with zero attached hydrogens (tertiary/aromatic N) is 3. The Morgan fingerprint density at radius 3 is 2.13 bits per heavy atom. The van der Waals surface area contributed by atoms with Crippen molar-refractivity contribution in [2.75, 3.05) is 12.4 Å². The van der Waals surface area contributed by atoms with Crippen molar-refractivity contribution in [2.45, 2.75) is 32.7 Å². The molecular weight excluding hydrogens is 376 g/mol. The lowest BCUT2D eigenvalue weighted by molar-refractivity contribution is -0.120. The molecular formula is C24H26N4O2. The van der Waals surface area contributed by atoms with Crippen molar-refractivity contribution >= 4 is 17.5 Å². The van der Waals surface area contributed by atoms with E-state index in [9.17, 15) is 9.59 Å². The minimum absolute atomic E-state index is 0.186. The molecule has 0 aliphatic rings. The number of carbonyl (C=O) groups excluding carboxylic acids is 2. The van der Waals surface area contributed by atoms with Gasteiger partial charge in [-0.15, -0.1) is 0 Å². The molecule has 6 nitrogen and oxygen atoms in total. The fourth-order valence-corrected chi connectivity index (χ4v) is 3.17. The van der Waals surface area contributed by atoms with Crippen LogP contribution in [-0.2, 0) is 4.79 Å². The Hall–Kier alpha value is -3.54. The van der Waals surface area contributed by atoms with E-state index in [1.54, 1.807) is 7.05 Å². The molecule has 154 valence electrons. The largest absolute Gasteiger partial charge is 0.324 e. The molecule has 0 saturated heterocycles. The van der Waals surface area contributed by atoms with Crippen LogP contribution in [-0.4, -0.2) is 33.7 Å². The zero-order valence-electron chi connectivity index (χ0n) is 17.7. The second kappa shape index (κ2) is 9.31. The number of benzene rings is 2. The number of amides is 2. The summed E-state index contributed by atoms with van der Waals surface area (Å²) in [5.74, 6) is -0.263. The lowest BCUT2D eigenvalue weighted by atomic mass is 10.0. The number of hydrogen-bond acceptors (Lipinski definition) is 4. The van der Waals surface area contributed by atoms with Crippen LogP contribution in [0.25, 0.3) is 0 Å². The summed E-state index contributed by atoms with van der Waals surface area (Å²) in [5, 5.41) is 2.94. The Morgan fingerprint density at radius 1 is 0.933 bits per heavy atom. The van der Waals surface area contributed by atoms with Crippen LogP contribution in [0.3, 0.4) is 0 Å². The van der Waals surface area contributed by atoms with Gasteiger partial charge in [-0.3, -0.25) is 14.6 Å². The van der Waals surface area contributed by atoms with Crippen LogP contribution in [0.15, 0.2) is 67.1 Å². The minimum Gasteiger partial charge on any atom is -0.324 e. The number of aromatic nitrogens is 2. The Balaban J connectivity index is 1.89. The van der Waals surface area contributed by atoms with Gasteiger partial charge >= 0.3 is 0 Å². The number of likely N-dealkylation sites (N-methyl/N-ethyl adjacent to an activating group) is 1. The first kappa shape index (κ1) is 21.2. The maximum Gasteiger partial charge on any atom is 0.274 e. The SMILES string of the molecule is Cc1ccc([C@H](C(=O)Nc2ccc(C(C)C)cc2)N(C)C(=O)c2cnccn2)cc1. The average Bonchev–Trinajstić information content (AvgIpc) is 2.75. The first-order valence-electron chi connectivity index (χ1n) is 9.87. The van der Waals surface area contributed by atoms with Crippen LogP contribution in [0.4, 0.5) is 5.69 Å². The van der Waals surface area contributed by atoms with E-state index in [0.29, 0.717) is 11.6 Å². The summed E-state index contributed by atoms with van der Waals surface area (Å²) in [7, 11) is 1.60. The van der Waals surface area contributed by atoms with Gasteiger partial charge in [0.2, 0.25) is 0 Å². The summed E-state index contributed by atoms with van der Waals surface area (Å²) in [5.41, 5.74) is 3.85. The maximum absolute atomic E-state index is 13.3. The van der Waals surface area contributed by atoms with Crippen molar-refractivity contribution in [3.63, 3.8) is 0 Å². The Labute approximate surface area is 177 Å². The highest BCUT2D eigenvalue weighted by molar-refractivity contribution is 6.00. The molecule has 0 radical (unpaired) electrons. The van der Waals surface area contributed by atoms with E-state index >= 15 is 0 Å². The van der Waals surface area contributed by atoms with Gasteiger partial charge in [-0.2, -0.15) is 0 Å². The first-order chi connectivity index (χ1) is 14.4. The van der Waals surface area contributed by atoms with Gasteiger partial charge in [-0.25, -0.2) is 4.98 Å². The third kappa shape index (κ3) is 4.89. The molecule has 0 aliphatic carbocycles. The molecule has 1 aromatic heterocycles. The van der Waals surface area contributed by atoms with Crippen LogP contribution in [0, 0.1) is 6.92 Å². The number of anilines is 1. The summed E-state index contributed by atoms with van der Waals surface area (Å²) in [6.07, 6.45) is 4.35. The second-order valence-corrected chi connectivity index (χ2v) is 7.59. The molecule has 0 saturated carbocycles. The Morgan fingerprint density at radius 2 is 1.57 bits per heavy atom. The van der Waals surface area contributed by atoms with Gasteiger partial charge in [0.05, 0.1) is 6.20 Å². The fourth-order valence-electron chi connectivity index (χ4n) is 3.17. The van der Waals surface area contributed by atoms with E-state index in [1.165, 1.54) is 29.1 Å². The average molecular weight is 402 g/mol. The molecule has 6 heteroatoms. The zero-order chi connectivity index (χ0) is 21.7. The summed E-state index contributed by atoms with van der Waals surface area (Å²) < 4.78 is 0. The first-order valence-corrected chi connectivity index (χ1v) is 9.87. The summed E-state index contributed by atoms with van der Waals surface area (Å²) in [6, 6.07) is 14.5. The molecule has 1 N–H and O–H groups in total. The Bertz CT molecular complexity index is 1000. The third-order valence-electron chi connectivity index (χ3n) is 4.98. The number of carbonyl (C=O) groups is 2. The molecule has 0 aliphatic heterocycles. The minimum atomic E-state index is -0.815. The van der Waals surface area contributed by atoms with Crippen LogP contribution >= 0.6 is 0 Å². The molecule has 0 spiro atoms. The normalized spacial score (nSPS) is 11.8. The number of nitrogens with one attached hydrogen (secondary N) is 1. The molecule has 0 fully saturated rings. The van der Waals surface area contributed by atoms with Crippen molar-refractivity contribution in [3.8, 4) is 0 Å². The van der Waals surface area contributed by atoms with Gasteiger partial charge in [-0.1, -0.05) is 55.8 Å². The van der Waals surface area contributed by atoms with E-state index in [2.05, 4.69) is 29.1 Å². The highest BCUT2D eigenvalue weighted by Gasteiger charge is 2.30. The predicted octanol–water partition coefficient (Wildman–Crippen LogP) is 4.36. The van der Waals surface area contributed by atoms with Crippen molar-refractivity contribution < 1.29 is 9.59 Å². The Kier molecular flexibility index (Phi) is 6.57. The van der Waals surface area contributed by atoms with E-state index in [1.807, 2.05) is 55.5 Å². The summed E-state index contributed by atoms with van der Waals surface area (Å²) >= 11 is 0. The van der Waals surface area contributed by atoms with Gasteiger partial charge in [0.1, 0.15) is 11.7 Å². The van der Waals surface area contributed by atoms with Crippen molar-refractivity contribution in [1.29, 1.82) is 0 Å². The zero-order valence-corrected chi connectivity index (χ0v) is 17.7. The van der Waals surface area contributed by atoms with E-state index in [-0.39, 0.29) is 17.5 Å². The molecule has 3 aromatic rings. The van der Waals surface area contributed by atoms with Crippen LogP contribution in [0.1, 0.15) is 53.0 Å². The molecule has 3 rings (SSSR count). The lowest BCUT2D eigenvalue weighted by Crippen LogP contribution is -2.39. The van der Waals surface area contributed by atoms with E-state index in [4.69, 9.17) is 0 Å². The van der Waals surface area contributed by atoms with Gasteiger partial charge in [0, 0.05) is 25.1 Å². The summed E-state index contributed by atoms with van der Waals surface area (Å²) in [6.45, 7) is 6.21. The predicted molar refractivity (Wildman–Crippen MR) is 117 cm³/mol. The van der Waals surface area contributed by atoms with E-state index in [0.717, 1.165) is 11.1 Å². The van der Waals surface area contributed by atoms with Gasteiger partial charge in [-0.05, 0) is 36.1 Å². The quantitative estimate of drug-likeness (QED) is 0.665. The standard InChI is InChI=1S/C24H26N4O2/c1-16(2)18-9-11-20(12-10-18)27-23(29)22(19-7-5-17(3)6-8-19)28(4)24(30)21-15-25-13-14-26-21/h5-16,22H,1-4H3,(H,27,29)/t22-/m1/s1. The van der Waals surface area contributed by atoms with Crippen molar-refractivity contribution in [3.05, 3.63) is 89.5 Å². The fraction of sp³-hybridized carbons (Fsp3) is 0.250. The summed E-state index contributed by atoms with van der Waals surface area (Å²) in [4.78, 5) is 35.6. The third-order valence-corrected chi connectivity index (χ3v) is 4.98. The molecule has 1 atom stereocenters. The highest BCUT2D eigenvalue weighted by atomic mass is 16.2. The topological polar surface area (TPSA) is 75.2 Å². The molecule has 2 aromatic carbocycles. The maximum atomic E-state index is 13.3. The molecule has 0 bridgehead atoms. The van der Waals surface area contributed by atoms with E-state index < -0.39 is 6.04 Å². The molecule has 1 heterocycles. The monoisotopic (exact) mass is 402 g/mol. The van der Waals surface area contributed by atoms with Crippen molar-refractivity contribution in [1.82, 2.24) is 14.9 Å². The smallest absolute Gasteiger partial charge is 0.274 e. The van der Waals surface area contributed by atoms with Gasteiger partial charge in [0.15, 0.2) is 0 Å².